The fourth-order valence-corrected chi connectivity index (χ4v) is 1.53. The van der Waals surface area contributed by atoms with Gasteiger partial charge in [0, 0.05) is 11.8 Å². The Hall–Kier alpha value is -2.28. The first-order valence-electron chi connectivity index (χ1n) is 4.86. The molecule has 0 aliphatic carbocycles. The van der Waals surface area contributed by atoms with E-state index in [0.29, 0.717) is 5.69 Å². The van der Waals surface area contributed by atoms with E-state index in [1.807, 2.05) is 37.3 Å². The lowest BCUT2D eigenvalue weighted by Crippen LogP contribution is -1.99. The number of rotatable bonds is 2. The van der Waals surface area contributed by atoms with Crippen LogP contribution in [0.15, 0.2) is 30.3 Å². The van der Waals surface area contributed by atoms with Crippen molar-refractivity contribution in [3.05, 3.63) is 41.7 Å². The van der Waals surface area contributed by atoms with Crippen molar-refractivity contribution < 1.29 is 4.74 Å². The lowest BCUT2D eigenvalue weighted by Gasteiger charge is -2.05. The Kier molecular flexibility index (Phi) is 2.61. The predicted molar refractivity (Wildman–Crippen MR) is 59.6 cm³/mol. The maximum Gasteiger partial charge on any atom is 0.163 e. The van der Waals surface area contributed by atoms with Gasteiger partial charge in [-0.2, -0.15) is 10.4 Å². The maximum atomic E-state index is 8.77. The molecule has 0 amide bonds. The van der Waals surface area contributed by atoms with Gasteiger partial charge in [-0.15, -0.1) is 0 Å². The molecule has 0 unspecified atom stereocenters. The highest BCUT2D eigenvalue weighted by atomic mass is 16.5. The number of aryl methyl sites for hydroxylation is 1. The van der Waals surface area contributed by atoms with Crippen LogP contribution >= 0.6 is 0 Å². The van der Waals surface area contributed by atoms with Crippen LogP contribution in [0.1, 0.15) is 11.4 Å². The Morgan fingerprint density at radius 3 is 2.81 bits per heavy atom. The van der Waals surface area contributed by atoms with Crippen molar-refractivity contribution in [1.29, 1.82) is 5.26 Å². The van der Waals surface area contributed by atoms with Crippen LogP contribution in [0, 0.1) is 18.3 Å². The minimum absolute atomic E-state index is 0.417. The van der Waals surface area contributed by atoms with Crippen molar-refractivity contribution in [2.45, 2.75) is 6.92 Å². The van der Waals surface area contributed by atoms with Crippen LogP contribution in [0.3, 0.4) is 0 Å². The molecule has 16 heavy (non-hydrogen) atoms. The molecule has 0 bridgehead atoms. The van der Waals surface area contributed by atoms with Crippen LogP contribution in [0.25, 0.3) is 5.69 Å². The number of benzene rings is 1. The third-order valence-electron chi connectivity index (χ3n) is 2.30. The van der Waals surface area contributed by atoms with Gasteiger partial charge in [-0.1, -0.05) is 6.07 Å². The monoisotopic (exact) mass is 213 g/mol. The molecule has 80 valence electrons. The molecule has 2 aromatic rings. The first-order chi connectivity index (χ1) is 7.74. The van der Waals surface area contributed by atoms with Gasteiger partial charge in [0.25, 0.3) is 0 Å². The van der Waals surface area contributed by atoms with Gasteiger partial charge >= 0.3 is 0 Å². The van der Waals surface area contributed by atoms with Crippen LogP contribution in [0.4, 0.5) is 0 Å². The highest BCUT2D eigenvalue weighted by Gasteiger charge is 2.06. The second kappa shape index (κ2) is 4.07. The highest BCUT2D eigenvalue weighted by molar-refractivity contribution is 5.40. The highest BCUT2D eigenvalue weighted by Crippen LogP contribution is 2.17. The van der Waals surface area contributed by atoms with Gasteiger partial charge in [-0.05, 0) is 25.1 Å². The topological polar surface area (TPSA) is 50.8 Å². The van der Waals surface area contributed by atoms with Crippen molar-refractivity contribution in [1.82, 2.24) is 9.78 Å². The van der Waals surface area contributed by atoms with Gasteiger partial charge in [-0.3, -0.25) is 0 Å². The molecule has 0 saturated heterocycles. The molecule has 4 nitrogen and oxygen atoms in total. The molecule has 1 aromatic carbocycles. The van der Waals surface area contributed by atoms with Crippen molar-refractivity contribution in [2.24, 2.45) is 0 Å². The smallest absolute Gasteiger partial charge is 0.163 e. The molecule has 1 aromatic heterocycles. The summed E-state index contributed by atoms with van der Waals surface area (Å²) in [5, 5.41) is 12.9. The lowest BCUT2D eigenvalue weighted by atomic mass is 10.3. The zero-order chi connectivity index (χ0) is 11.5. The van der Waals surface area contributed by atoms with Crippen molar-refractivity contribution in [3.63, 3.8) is 0 Å². The average molecular weight is 213 g/mol. The Morgan fingerprint density at radius 2 is 2.19 bits per heavy atom. The standard InChI is InChI=1S/C12H11N3O/c1-9-6-10(8-13)14-15(9)11-4-3-5-12(7-11)16-2/h3-7H,1-2H3. The molecule has 0 aliphatic rings. The Bertz CT molecular complexity index is 552. The molecule has 0 atom stereocenters. The van der Waals surface area contributed by atoms with Crippen LogP contribution in [0.5, 0.6) is 5.75 Å². The Balaban J connectivity index is 2.50. The number of methoxy groups -OCH3 is 1. The number of hydrogen-bond donors (Lipinski definition) is 0. The van der Waals surface area contributed by atoms with Gasteiger partial charge in [0.1, 0.15) is 11.8 Å². The predicted octanol–water partition coefficient (Wildman–Crippen LogP) is 2.06. The first-order valence-corrected chi connectivity index (χ1v) is 4.86. The molecule has 0 fully saturated rings. The van der Waals surface area contributed by atoms with Crippen LogP contribution < -0.4 is 4.74 Å². The molecule has 2 rings (SSSR count). The number of hydrogen-bond acceptors (Lipinski definition) is 3. The SMILES string of the molecule is COc1cccc(-n2nc(C#N)cc2C)c1. The fraction of sp³-hybridized carbons (Fsp3) is 0.167. The van der Waals surface area contributed by atoms with Crippen LogP contribution in [0.2, 0.25) is 0 Å². The van der Waals surface area contributed by atoms with Crippen molar-refractivity contribution >= 4 is 0 Å². The van der Waals surface area contributed by atoms with Gasteiger partial charge in [-0.25, -0.2) is 4.68 Å². The van der Waals surface area contributed by atoms with E-state index in [2.05, 4.69) is 5.10 Å². The summed E-state index contributed by atoms with van der Waals surface area (Å²) in [4.78, 5) is 0. The quantitative estimate of drug-likeness (QED) is 0.767. The number of nitriles is 1. The van der Waals surface area contributed by atoms with Crippen LogP contribution in [-0.2, 0) is 0 Å². The second-order valence-corrected chi connectivity index (χ2v) is 3.40. The minimum atomic E-state index is 0.417. The van der Waals surface area contributed by atoms with E-state index in [0.717, 1.165) is 17.1 Å². The zero-order valence-corrected chi connectivity index (χ0v) is 9.14. The zero-order valence-electron chi connectivity index (χ0n) is 9.14. The second-order valence-electron chi connectivity index (χ2n) is 3.40. The van der Waals surface area contributed by atoms with E-state index in [1.165, 1.54) is 0 Å². The Labute approximate surface area is 93.7 Å². The van der Waals surface area contributed by atoms with E-state index < -0.39 is 0 Å². The molecule has 4 heteroatoms. The first kappa shape index (κ1) is 10.2. The van der Waals surface area contributed by atoms with Gasteiger partial charge in [0.05, 0.1) is 12.8 Å². The fourth-order valence-electron chi connectivity index (χ4n) is 1.53. The molecular weight excluding hydrogens is 202 g/mol. The van der Waals surface area contributed by atoms with E-state index >= 15 is 0 Å². The van der Waals surface area contributed by atoms with Gasteiger partial charge in [0.15, 0.2) is 5.69 Å². The molecule has 0 radical (unpaired) electrons. The Morgan fingerprint density at radius 1 is 1.38 bits per heavy atom. The summed E-state index contributed by atoms with van der Waals surface area (Å²) in [6.45, 7) is 1.91. The molecule has 1 heterocycles. The van der Waals surface area contributed by atoms with Crippen molar-refractivity contribution in [3.8, 4) is 17.5 Å². The summed E-state index contributed by atoms with van der Waals surface area (Å²) in [5.41, 5.74) is 2.23. The lowest BCUT2D eigenvalue weighted by molar-refractivity contribution is 0.414. The van der Waals surface area contributed by atoms with E-state index in [-0.39, 0.29) is 0 Å². The van der Waals surface area contributed by atoms with E-state index in [1.54, 1.807) is 17.9 Å². The maximum absolute atomic E-state index is 8.77. The van der Waals surface area contributed by atoms with Crippen LogP contribution in [-0.4, -0.2) is 16.9 Å². The van der Waals surface area contributed by atoms with Gasteiger partial charge < -0.3 is 4.74 Å². The largest absolute Gasteiger partial charge is 0.497 e. The third-order valence-corrected chi connectivity index (χ3v) is 2.30. The summed E-state index contributed by atoms with van der Waals surface area (Å²) >= 11 is 0. The summed E-state index contributed by atoms with van der Waals surface area (Å²) in [6.07, 6.45) is 0. The summed E-state index contributed by atoms with van der Waals surface area (Å²) < 4.78 is 6.87. The number of aromatic nitrogens is 2. The minimum Gasteiger partial charge on any atom is -0.497 e. The average Bonchev–Trinajstić information content (AvgIpc) is 2.71. The molecule has 0 aliphatic heterocycles. The summed E-state index contributed by atoms with van der Waals surface area (Å²) in [7, 11) is 1.62. The van der Waals surface area contributed by atoms with E-state index in [9.17, 15) is 0 Å². The number of ether oxygens (including phenoxy) is 1. The van der Waals surface area contributed by atoms with E-state index in [4.69, 9.17) is 10.00 Å². The van der Waals surface area contributed by atoms with Gasteiger partial charge in [0.2, 0.25) is 0 Å². The summed E-state index contributed by atoms with van der Waals surface area (Å²) in [6, 6.07) is 11.3. The molecule has 0 N–H and O–H groups in total. The third kappa shape index (κ3) is 1.75. The molecule has 0 saturated carbocycles. The molecular formula is C12H11N3O. The summed E-state index contributed by atoms with van der Waals surface area (Å²) in [5.74, 6) is 0.769. The van der Waals surface area contributed by atoms with Crippen molar-refractivity contribution in [2.75, 3.05) is 7.11 Å². The molecule has 0 spiro atoms. The number of nitrogens with zero attached hydrogens (tertiary/aromatic N) is 3. The normalized spacial score (nSPS) is 9.81.